The predicted molar refractivity (Wildman–Crippen MR) is 69.1 cm³/mol. The van der Waals surface area contributed by atoms with Gasteiger partial charge in [-0.05, 0) is 24.6 Å². The van der Waals surface area contributed by atoms with E-state index >= 15 is 0 Å². The van der Waals surface area contributed by atoms with Crippen LogP contribution in [0.4, 0.5) is 5.69 Å². The fourth-order valence-corrected chi connectivity index (χ4v) is 1.30. The number of carbonyl (C=O) groups excluding carboxylic acids is 1. The summed E-state index contributed by atoms with van der Waals surface area (Å²) in [6.45, 7) is 1.37. The number of carboxylic acid groups (broad SMARTS) is 1. The SMILES string of the molecule is CC(Oc1ccc(/C=C/C(=O)O)cc1[N+](=O)[O-])C(N)=O. The molecule has 1 rings (SSSR count). The Kier molecular flexibility index (Phi) is 4.79. The van der Waals surface area contributed by atoms with Crippen molar-refractivity contribution in [1.82, 2.24) is 0 Å². The second-order valence-corrected chi connectivity index (χ2v) is 3.82. The van der Waals surface area contributed by atoms with E-state index in [9.17, 15) is 19.7 Å². The number of benzene rings is 1. The Morgan fingerprint density at radius 1 is 1.50 bits per heavy atom. The zero-order valence-corrected chi connectivity index (χ0v) is 10.5. The van der Waals surface area contributed by atoms with Crippen LogP contribution in [0.3, 0.4) is 0 Å². The molecule has 0 spiro atoms. The molecule has 0 bridgehead atoms. The maximum absolute atomic E-state index is 10.9. The topological polar surface area (TPSA) is 133 Å². The van der Waals surface area contributed by atoms with E-state index < -0.39 is 22.9 Å². The van der Waals surface area contributed by atoms with Crippen molar-refractivity contribution in [3.63, 3.8) is 0 Å². The molecule has 0 aliphatic heterocycles. The summed E-state index contributed by atoms with van der Waals surface area (Å²) in [7, 11) is 0. The zero-order valence-electron chi connectivity index (χ0n) is 10.5. The monoisotopic (exact) mass is 280 g/mol. The van der Waals surface area contributed by atoms with Gasteiger partial charge in [-0.2, -0.15) is 0 Å². The summed E-state index contributed by atoms with van der Waals surface area (Å²) in [6.07, 6.45) is 1.04. The number of carbonyl (C=O) groups is 2. The first-order valence-corrected chi connectivity index (χ1v) is 5.46. The first kappa shape index (κ1) is 15.2. The molecule has 106 valence electrons. The molecule has 1 atom stereocenters. The average molecular weight is 280 g/mol. The molecule has 3 N–H and O–H groups in total. The number of nitro benzene ring substituents is 1. The summed E-state index contributed by atoms with van der Waals surface area (Å²) in [5.74, 6) is -2.04. The molecule has 0 aliphatic carbocycles. The maximum Gasteiger partial charge on any atom is 0.328 e. The summed E-state index contributed by atoms with van der Waals surface area (Å²) >= 11 is 0. The van der Waals surface area contributed by atoms with Crippen LogP contribution >= 0.6 is 0 Å². The van der Waals surface area contributed by atoms with Gasteiger partial charge in [-0.15, -0.1) is 0 Å². The number of carboxylic acids is 1. The van der Waals surface area contributed by atoms with Crippen LogP contribution in [-0.2, 0) is 9.59 Å². The highest BCUT2D eigenvalue weighted by Crippen LogP contribution is 2.29. The first-order chi connectivity index (χ1) is 9.31. The van der Waals surface area contributed by atoms with Gasteiger partial charge in [0.25, 0.3) is 5.91 Å². The molecule has 0 aromatic heterocycles. The van der Waals surface area contributed by atoms with Crippen molar-refractivity contribution in [2.24, 2.45) is 5.73 Å². The highest BCUT2D eigenvalue weighted by atomic mass is 16.6. The quantitative estimate of drug-likeness (QED) is 0.452. The number of aliphatic carboxylic acids is 1. The van der Waals surface area contributed by atoms with Crippen molar-refractivity contribution in [1.29, 1.82) is 0 Å². The Hall–Kier alpha value is -2.90. The third-order valence-electron chi connectivity index (χ3n) is 2.30. The second kappa shape index (κ2) is 6.32. The molecular weight excluding hydrogens is 268 g/mol. The lowest BCUT2D eigenvalue weighted by Crippen LogP contribution is -2.30. The maximum atomic E-state index is 10.9. The molecule has 0 saturated carbocycles. The Morgan fingerprint density at radius 2 is 2.15 bits per heavy atom. The third-order valence-corrected chi connectivity index (χ3v) is 2.30. The van der Waals surface area contributed by atoms with E-state index in [4.69, 9.17) is 15.6 Å². The third kappa shape index (κ3) is 4.09. The highest BCUT2D eigenvalue weighted by molar-refractivity contribution is 5.85. The van der Waals surface area contributed by atoms with Crippen LogP contribution in [0.15, 0.2) is 24.3 Å². The molecule has 1 aromatic carbocycles. The molecule has 0 saturated heterocycles. The fraction of sp³-hybridized carbons (Fsp3) is 0.167. The van der Waals surface area contributed by atoms with Crippen LogP contribution in [0.5, 0.6) is 5.75 Å². The van der Waals surface area contributed by atoms with Gasteiger partial charge in [0.2, 0.25) is 0 Å². The van der Waals surface area contributed by atoms with Crippen molar-refractivity contribution >= 4 is 23.6 Å². The molecule has 20 heavy (non-hydrogen) atoms. The van der Waals surface area contributed by atoms with E-state index in [0.29, 0.717) is 5.56 Å². The lowest BCUT2D eigenvalue weighted by Gasteiger charge is -2.11. The predicted octanol–water partition coefficient (Wildman–Crippen LogP) is 0.945. The number of hydrogen-bond acceptors (Lipinski definition) is 5. The van der Waals surface area contributed by atoms with E-state index in [1.807, 2.05) is 0 Å². The van der Waals surface area contributed by atoms with Crippen molar-refractivity contribution in [3.8, 4) is 5.75 Å². The summed E-state index contributed by atoms with van der Waals surface area (Å²) < 4.78 is 5.09. The van der Waals surface area contributed by atoms with Crippen molar-refractivity contribution in [2.75, 3.05) is 0 Å². The Labute approximate surface area is 113 Å². The number of rotatable bonds is 6. The summed E-state index contributed by atoms with van der Waals surface area (Å²) in [6, 6.07) is 3.84. The van der Waals surface area contributed by atoms with Gasteiger partial charge in [0.05, 0.1) is 4.92 Å². The van der Waals surface area contributed by atoms with Gasteiger partial charge >= 0.3 is 11.7 Å². The number of primary amides is 1. The van der Waals surface area contributed by atoms with E-state index in [2.05, 4.69) is 0 Å². The van der Waals surface area contributed by atoms with Gasteiger partial charge in [0.15, 0.2) is 11.9 Å². The lowest BCUT2D eigenvalue weighted by atomic mass is 10.1. The number of ether oxygens (including phenoxy) is 1. The van der Waals surface area contributed by atoms with Crippen LogP contribution < -0.4 is 10.5 Å². The average Bonchev–Trinajstić information content (AvgIpc) is 2.36. The zero-order chi connectivity index (χ0) is 15.3. The summed E-state index contributed by atoms with van der Waals surface area (Å²) in [5.41, 5.74) is 4.94. The normalized spacial score (nSPS) is 12.1. The van der Waals surface area contributed by atoms with Gasteiger partial charge in [-0.3, -0.25) is 14.9 Å². The Balaban J connectivity index is 3.11. The number of nitro groups is 1. The van der Waals surface area contributed by atoms with E-state index in [-0.39, 0.29) is 11.4 Å². The fourth-order valence-electron chi connectivity index (χ4n) is 1.30. The van der Waals surface area contributed by atoms with Crippen LogP contribution in [0.2, 0.25) is 0 Å². The molecule has 1 unspecified atom stereocenters. The second-order valence-electron chi connectivity index (χ2n) is 3.82. The minimum Gasteiger partial charge on any atom is -0.478 e. The van der Waals surface area contributed by atoms with E-state index in [1.54, 1.807) is 0 Å². The number of nitrogens with zero attached hydrogens (tertiary/aromatic N) is 1. The Bertz CT molecular complexity index is 581. The van der Waals surface area contributed by atoms with Gasteiger partial charge in [0.1, 0.15) is 0 Å². The molecular formula is C12H12N2O6. The summed E-state index contributed by atoms with van der Waals surface area (Å²) in [5, 5.41) is 19.4. The van der Waals surface area contributed by atoms with Gasteiger partial charge in [-0.1, -0.05) is 6.07 Å². The minimum absolute atomic E-state index is 0.117. The van der Waals surface area contributed by atoms with Gasteiger partial charge in [0, 0.05) is 12.1 Å². The standard InChI is InChI=1S/C12H12N2O6/c1-7(12(13)17)20-10-4-2-8(3-5-11(15)16)6-9(10)14(18)19/h2-7H,1H3,(H2,13,17)(H,15,16)/b5-3+. The van der Waals surface area contributed by atoms with E-state index in [0.717, 1.165) is 12.1 Å². The molecule has 1 aromatic rings. The molecule has 0 fully saturated rings. The number of amides is 1. The van der Waals surface area contributed by atoms with E-state index in [1.165, 1.54) is 25.1 Å². The number of hydrogen-bond donors (Lipinski definition) is 2. The smallest absolute Gasteiger partial charge is 0.328 e. The molecule has 0 radical (unpaired) electrons. The van der Waals surface area contributed by atoms with Gasteiger partial charge in [-0.25, -0.2) is 4.79 Å². The van der Waals surface area contributed by atoms with Crippen LogP contribution in [-0.4, -0.2) is 28.0 Å². The summed E-state index contributed by atoms with van der Waals surface area (Å²) in [4.78, 5) is 31.5. The van der Waals surface area contributed by atoms with Crippen molar-refractivity contribution in [2.45, 2.75) is 13.0 Å². The van der Waals surface area contributed by atoms with Crippen LogP contribution in [0.1, 0.15) is 12.5 Å². The van der Waals surface area contributed by atoms with Crippen LogP contribution in [0.25, 0.3) is 6.08 Å². The molecule has 8 heteroatoms. The largest absolute Gasteiger partial charge is 0.478 e. The first-order valence-electron chi connectivity index (χ1n) is 5.46. The minimum atomic E-state index is -1.17. The van der Waals surface area contributed by atoms with Crippen LogP contribution in [0, 0.1) is 10.1 Å². The molecule has 0 aliphatic rings. The Morgan fingerprint density at radius 3 is 2.65 bits per heavy atom. The van der Waals surface area contributed by atoms with Crippen molar-refractivity contribution < 1.29 is 24.4 Å². The van der Waals surface area contributed by atoms with Gasteiger partial charge < -0.3 is 15.6 Å². The number of nitrogens with two attached hydrogens (primary N) is 1. The molecule has 8 nitrogen and oxygen atoms in total. The molecule has 0 heterocycles. The lowest BCUT2D eigenvalue weighted by molar-refractivity contribution is -0.386. The highest BCUT2D eigenvalue weighted by Gasteiger charge is 2.19. The molecule has 1 amide bonds. The van der Waals surface area contributed by atoms with Crippen molar-refractivity contribution in [3.05, 3.63) is 40.0 Å².